The zero-order chi connectivity index (χ0) is 13.9. The maximum atomic E-state index is 10.4. The van der Waals surface area contributed by atoms with Gasteiger partial charge >= 0.3 is 0 Å². The molecule has 0 spiro atoms. The van der Waals surface area contributed by atoms with E-state index in [0.717, 1.165) is 25.2 Å². The van der Waals surface area contributed by atoms with Crippen molar-refractivity contribution in [2.45, 2.75) is 57.5 Å². The number of fused-ring (bicyclic) bond motifs is 5. The van der Waals surface area contributed by atoms with E-state index >= 15 is 0 Å². The molecule has 0 aromatic heterocycles. The Hall–Kier alpha value is -1.02. The molecule has 4 rings (SSSR count). The molecule has 0 saturated heterocycles. The molecule has 0 bridgehead atoms. The normalized spacial score (nSPS) is 42.7. The number of aryl methyl sites for hydroxylation is 1. The number of benzene rings is 1. The predicted octanol–water partition coefficient (Wildman–Crippen LogP) is 3.61. The Kier molecular flexibility index (Phi) is 2.69. The van der Waals surface area contributed by atoms with Gasteiger partial charge in [-0.1, -0.05) is 13.0 Å². The summed E-state index contributed by atoms with van der Waals surface area (Å²) in [5.41, 5.74) is 2.99. The third-order valence-corrected chi connectivity index (χ3v) is 6.66. The summed E-state index contributed by atoms with van der Waals surface area (Å²) in [4.78, 5) is 0. The largest absolute Gasteiger partial charge is 0.508 e. The summed E-state index contributed by atoms with van der Waals surface area (Å²) in [7, 11) is 0. The van der Waals surface area contributed by atoms with Gasteiger partial charge < -0.3 is 10.2 Å². The topological polar surface area (TPSA) is 40.5 Å². The van der Waals surface area contributed by atoms with E-state index in [4.69, 9.17) is 0 Å². The van der Waals surface area contributed by atoms with Crippen LogP contribution in [0.4, 0.5) is 0 Å². The van der Waals surface area contributed by atoms with Crippen LogP contribution < -0.4 is 0 Å². The van der Waals surface area contributed by atoms with E-state index in [9.17, 15) is 10.2 Å². The molecule has 3 aliphatic rings. The Labute approximate surface area is 120 Å². The molecule has 5 atom stereocenters. The molecular weight excluding hydrogens is 248 g/mol. The maximum Gasteiger partial charge on any atom is 0.115 e. The van der Waals surface area contributed by atoms with Crippen molar-refractivity contribution in [2.75, 3.05) is 0 Å². The van der Waals surface area contributed by atoms with Gasteiger partial charge in [-0.15, -0.1) is 0 Å². The van der Waals surface area contributed by atoms with Crippen molar-refractivity contribution in [2.24, 2.45) is 17.3 Å². The molecule has 0 heterocycles. The number of phenols is 1. The molecular formula is C18H24O2. The summed E-state index contributed by atoms with van der Waals surface area (Å²) in [5.74, 6) is 2.49. The van der Waals surface area contributed by atoms with Crippen LogP contribution in [0.15, 0.2) is 18.2 Å². The van der Waals surface area contributed by atoms with Crippen molar-refractivity contribution in [1.82, 2.24) is 0 Å². The molecule has 3 unspecified atom stereocenters. The smallest absolute Gasteiger partial charge is 0.115 e. The van der Waals surface area contributed by atoms with Crippen LogP contribution in [0.25, 0.3) is 0 Å². The summed E-state index contributed by atoms with van der Waals surface area (Å²) >= 11 is 0. The second-order valence-electron chi connectivity index (χ2n) is 7.44. The van der Waals surface area contributed by atoms with Gasteiger partial charge in [0.25, 0.3) is 0 Å². The molecule has 0 amide bonds. The van der Waals surface area contributed by atoms with Crippen LogP contribution in [-0.4, -0.2) is 16.3 Å². The standard InChI is InChI=1S/C18H24O2/c1-18-9-8-14-13-5-3-12(19)10-11(13)2-4-15(14)16(18)6-7-17(18)20/h3,5,10,14-17,19-20H,2,4,6-9H2,1H3/t14?,15?,16?,17-,18-/m1/s1. The van der Waals surface area contributed by atoms with Crippen molar-refractivity contribution >= 4 is 0 Å². The van der Waals surface area contributed by atoms with Gasteiger partial charge in [0.2, 0.25) is 0 Å². The molecule has 2 nitrogen and oxygen atoms in total. The molecule has 0 aliphatic heterocycles. The Balaban J connectivity index is 1.71. The molecule has 108 valence electrons. The fourth-order valence-electron chi connectivity index (χ4n) is 5.54. The van der Waals surface area contributed by atoms with Crippen LogP contribution in [0.3, 0.4) is 0 Å². The third kappa shape index (κ3) is 1.60. The van der Waals surface area contributed by atoms with E-state index in [0.29, 0.717) is 17.6 Å². The number of rotatable bonds is 0. The molecule has 2 N–H and O–H groups in total. The Morgan fingerprint density at radius 2 is 2.00 bits per heavy atom. The van der Waals surface area contributed by atoms with Gasteiger partial charge in [-0.3, -0.25) is 0 Å². The van der Waals surface area contributed by atoms with Gasteiger partial charge in [0, 0.05) is 0 Å². The average Bonchev–Trinajstić information content (AvgIpc) is 2.74. The molecule has 0 radical (unpaired) electrons. The van der Waals surface area contributed by atoms with Crippen molar-refractivity contribution in [1.29, 1.82) is 0 Å². The second kappa shape index (κ2) is 4.24. The highest BCUT2D eigenvalue weighted by Crippen LogP contribution is 2.60. The third-order valence-electron chi connectivity index (χ3n) is 6.66. The lowest BCUT2D eigenvalue weighted by Gasteiger charge is -2.50. The van der Waals surface area contributed by atoms with Crippen molar-refractivity contribution < 1.29 is 10.2 Å². The monoisotopic (exact) mass is 272 g/mol. The van der Waals surface area contributed by atoms with Gasteiger partial charge in [-0.05, 0) is 85.0 Å². The molecule has 1 aromatic rings. The van der Waals surface area contributed by atoms with E-state index < -0.39 is 0 Å². The molecule has 2 fully saturated rings. The number of hydrogen-bond donors (Lipinski definition) is 2. The molecule has 20 heavy (non-hydrogen) atoms. The van der Waals surface area contributed by atoms with E-state index in [1.165, 1.54) is 30.4 Å². The van der Waals surface area contributed by atoms with Crippen molar-refractivity contribution in [3.63, 3.8) is 0 Å². The van der Waals surface area contributed by atoms with Crippen LogP contribution in [0.1, 0.15) is 56.1 Å². The number of aliphatic hydroxyl groups is 1. The predicted molar refractivity (Wildman–Crippen MR) is 78.7 cm³/mol. The van der Waals surface area contributed by atoms with Gasteiger partial charge in [0.15, 0.2) is 0 Å². The van der Waals surface area contributed by atoms with Crippen molar-refractivity contribution in [3.05, 3.63) is 29.3 Å². The molecule has 2 saturated carbocycles. The van der Waals surface area contributed by atoms with Gasteiger partial charge in [-0.2, -0.15) is 0 Å². The number of phenolic OH excluding ortho intramolecular Hbond substituents is 1. The maximum absolute atomic E-state index is 10.4. The summed E-state index contributed by atoms with van der Waals surface area (Å²) in [6.07, 6.45) is 6.78. The molecule has 2 heteroatoms. The lowest BCUT2D eigenvalue weighted by atomic mass is 9.55. The Morgan fingerprint density at radius 3 is 2.85 bits per heavy atom. The van der Waals surface area contributed by atoms with Crippen molar-refractivity contribution in [3.8, 4) is 5.75 Å². The first kappa shape index (κ1) is 12.7. The fourth-order valence-corrected chi connectivity index (χ4v) is 5.54. The summed E-state index contributed by atoms with van der Waals surface area (Å²) in [6, 6.07) is 5.96. The number of aromatic hydroxyl groups is 1. The fraction of sp³-hybridized carbons (Fsp3) is 0.667. The second-order valence-corrected chi connectivity index (χ2v) is 7.44. The average molecular weight is 272 g/mol. The lowest BCUT2D eigenvalue weighted by molar-refractivity contribution is -0.0226. The highest BCUT2D eigenvalue weighted by molar-refractivity contribution is 5.40. The highest BCUT2D eigenvalue weighted by atomic mass is 16.3. The minimum absolute atomic E-state index is 0.0883. The molecule has 3 aliphatic carbocycles. The SMILES string of the molecule is C[C@@]12CCC3c4ccc(O)cc4CCC3C1CC[C@H]2O. The zero-order valence-corrected chi connectivity index (χ0v) is 12.2. The van der Waals surface area contributed by atoms with Crippen LogP contribution in [-0.2, 0) is 6.42 Å². The summed E-state index contributed by atoms with van der Waals surface area (Å²) in [6.45, 7) is 2.32. The van der Waals surface area contributed by atoms with E-state index in [1.54, 1.807) is 0 Å². The van der Waals surface area contributed by atoms with Gasteiger partial charge in [-0.25, -0.2) is 0 Å². The van der Waals surface area contributed by atoms with Crippen LogP contribution >= 0.6 is 0 Å². The van der Waals surface area contributed by atoms with Gasteiger partial charge in [0.1, 0.15) is 5.75 Å². The van der Waals surface area contributed by atoms with Crippen LogP contribution in [0, 0.1) is 17.3 Å². The first-order valence-electron chi connectivity index (χ1n) is 8.09. The van der Waals surface area contributed by atoms with E-state index in [1.807, 2.05) is 12.1 Å². The summed E-state index contributed by atoms with van der Waals surface area (Å²) in [5, 5.41) is 20.0. The van der Waals surface area contributed by atoms with Gasteiger partial charge in [0.05, 0.1) is 6.10 Å². The van der Waals surface area contributed by atoms with Crippen LogP contribution in [0.5, 0.6) is 5.75 Å². The molecule has 1 aromatic carbocycles. The Morgan fingerprint density at radius 1 is 1.15 bits per heavy atom. The van der Waals surface area contributed by atoms with E-state index in [2.05, 4.69) is 13.0 Å². The lowest BCUT2D eigenvalue weighted by Crippen LogP contribution is -2.43. The van der Waals surface area contributed by atoms with E-state index in [-0.39, 0.29) is 11.5 Å². The minimum atomic E-state index is -0.0883. The van der Waals surface area contributed by atoms with Crippen LogP contribution in [0.2, 0.25) is 0 Å². The Bertz CT molecular complexity index is 538. The first-order valence-corrected chi connectivity index (χ1v) is 8.09. The summed E-state index contributed by atoms with van der Waals surface area (Å²) < 4.78 is 0. The number of hydrogen-bond acceptors (Lipinski definition) is 2. The first-order chi connectivity index (χ1) is 9.59. The number of aliphatic hydroxyl groups excluding tert-OH is 1. The highest BCUT2D eigenvalue weighted by Gasteiger charge is 2.54. The zero-order valence-electron chi connectivity index (χ0n) is 12.2. The minimum Gasteiger partial charge on any atom is -0.508 e. The quantitative estimate of drug-likeness (QED) is 0.757.